The highest BCUT2D eigenvalue weighted by atomic mass is 16.7. The quantitative estimate of drug-likeness (QED) is 0.700. The lowest BCUT2D eigenvalue weighted by molar-refractivity contribution is -0.149. The van der Waals surface area contributed by atoms with Crippen molar-refractivity contribution in [1.29, 1.82) is 0 Å². The molecule has 0 radical (unpaired) electrons. The minimum absolute atomic E-state index is 0.0729. The van der Waals surface area contributed by atoms with Crippen molar-refractivity contribution >= 4 is 5.97 Å². The van der Waals surface area contributed by atoms with E-state index in [2.05, 4.69) is 24.3 Å². The fraction of sp³-hybridized carbons (Fsp3) is 0.409. The lowest BCUT2D eigenvalue weighted by Crippen LogP contribution is -2.22. The molecule has 1 heterocycles. The fourth-order valence-corrected chi connectivity index (χ4v) is 3.37. The summed E-state index contributed by atoms with van der Waals surface area (Å²) < 4.78 is 16.6. The molecule has 0 amide bonds. The van der Waals surface area contributed by atoms with Crippen molar-refractivity contribution in [2.24, 2.45) is 0 Å². The van der Waals surface area contributed by atoms with E-state index in [1.165, 1.54) is 5.56 Å². The SMILES string of the molecule is CCOC(=O)CC(Cc1ccccc1)c1ccc(C2(C)OCCO2)cc1. The number of carbonyl (C=O) groups excluding carboxylic acids is 1. The van der Waals surface area contributed by atoms with Gasteiger partial charge in [0.2, 0.25) is 0 Å². The Labute approximate surface area is 155 Å². The molecule has 0 bridgehead atoms. The van der Waals surface area contributed by atoms with Crippen LogP contribution in [0.1, 0.15) is 42.9 Å². The molecule has 26 heavy (non-hydrogen) atoms. The van der Waals surface area contributed by atoms with Crippen LogP contribution in [0.15, 0.2) is 54.6 Å². The first-order valence-electron chi connectivity index (χ1n) is 9.18. The smallest absolute Gasteiger partial charge is 0.306 e. The average molecular weight is 354 g/mol. The Morgan fingerprint density at radius 1 is 1.08 bits per heavy atom. The van der Waals surface area contributed by atoms with Crippen molar-refractivity contribution in [2.45, 2.75) is 38.4 Å². The second-order valence-corrected chi connectivity index (χ2v) is 6.66. The molecule has 2 aromatic rings. The normalized spacial score (nSPS) is 17.0. The van der Waals surface area contributed by atoms with Gasteiger partial charge in [0.1, 0.15) is 0 Å². The number of hydrogen-bond donors (Lipinski definition) is 0. The summed E-state index contributed by atoms with van der Waals surface area (Å²) in [5.74, 6) is -0.759. The first-order valence-corrected chi connectivity index (χ1v) is 9.18. The number of esters is 1. The molecule has 1 unspecified atom stereocenters. The van der Waals surface area contributed by atoms with E-state index in [9.17, 15) is 4.79 Å². The maximum absolute atomic E-state index is 12.1. The van der Waals surface area contributed by atoms with E-state index in [0.29, 0.717) is 26.2 Å². The van der Waals surface area contributed by atoms with Gasteiger partial charge in [-0.05, 0) is 37.3 Å². The van der Waals surface area contributed by atoms with Crippen molar-refractivity contribution in [1.82, 2.24) is 0 Å². The van der Waals surface area contributed by atoms with Gasteiger partial charge in [-0.2, -0.15) is 0 Å². The standard InChI is InChI=1S/C22H26O4/c1-3-24-21(23)16-19(15-17-7-5-4-6-8-17)18-9-11-20(12-10-18)22(2)25-13-14-26-22/h4-12,19H,3,13-16H2,1-2H3. The van der Waals surface area contributed by atoms with Crippen LogP contribution in [0.25, 0.3) is 0 Å². The lowest BCUT2D eigenvalue weighted by atomic mass is 9.88. The molecule has 138 valence electrons. The van der Waals surface area contributed by atoms with Crippen LogP contribution >= 0.6 is 0 Å². The van der Waals surface area contributed by atoms with Crippen LogP contribution in [0.2, 0.25) is 0 Å². The predicted molar refractivity (Wildman–Crippen MR) is 99.8 cm³/mol. The summed E-state index contributed by atoms with van der Waals surface area (Å²) in [5.41, 5.74) is 3.32. The molecule has 0 saturated carbocycles. The molecule has 3 rings (SSSR count). The summed E-state index contributed by atoms with van der Waals surface area (Å²) in [6, 6.07) is 18.4. The summed E-state index contributed by atoms with van der Waals surface area (Å²) in [6.07, 6.45) is 1.16. The molecule has 1 atom stereocenters. The highest BCUT2D eigenvalue weighted by molar-refractivity contribution is 5.70. The number of carbonyl (C=O) groups is 1. The van der Waals surface area contributed by atoms with Gasteiger partial charge in [-0.25, -0.2) is 0 Å². The third-order valence-electron chi connectivity index (χ3n) is 4.79. The largest absolute Gasteiger partial charge is 0.466 e. The van der Waals surface area contributed by atoms with Gasteiger partial charge in [-0.15, -0.1) is 0 Å². The Morgan fingerprint density at radius 3 is 2.35 bits per heavy atom. The Balaban J connectivity index is 1.79. The van der Waals surface area contributed by atoms with Crippen LogP contribution in [-0.4, -0.2) is 25.8 Å². The molecular weight excluding hydrogens is 328 g/mol. The van der Waals surface area contributed by atoms with E-state index >= 15 is 0 Å². The van der Waals surface area contributed by atoms with Crippen LogP contribution in [-0.2, 0) is 31.2 Å². The average Bonchev–Trinajstić information content (AvgIpc) is 3.10. The molecule has 0 N–H and O–H groups in total. The van der Waals surface area contributed by atoms with Crippen molar-refractivity contribution in [3.8, 4) is 0 Å². The molecule has 1 aliphatic heterocycles. The summed E-state index contributed by atoms with van der Waals surface area (Å²) in [6.45, 7) is 5.40. The van der Waals surface area contributed by atoms with Crippen molar-refractivity contribution in [2.75, 3.05) is 19.8 Å². The summed E-state index contributed by atoms with van der Waals surface area (Å²) in [5, 5.41) is 0. The van der Waals surface area contributed by atoms with Gasteiger partial charge in [-0.1, -0.05) is 54.6 Å². The molecule has 1 saturated heterocycles. The van der Waals surface area contributed by atoms with E-state index < -0.39 is 5.79 Å². The van der Waals surface area contributed by atoms with Gasteiger partial charge >= 0.3 is 5.97 Å². The molecular formula is C22H26O4. The van der Waals surface area contributed by atoms with Gasteiger partial charge in [0.25, 0.3) is 0 Å². The summed E-state index contributed by atoms with van der Waals surface area (Å²) in [7, 11) is 0. The molecule has 2 aromatic carbocycles. The number of benzene rings is 2. The monoisotopic (exact) mass is 354 g/mol. The van der Waals surface area contributed by atoms with E-state index in [1.54, 1.807) is 0 Å². The first-order chi connectivity index (χ1) is 12.6. The maximum atomic E-state index is 12.1. The highest BCUT2D eigenvalue weighted by Gasteiger charge is 2.33. The maximum Gasteiger partial charge on any atom is 0.306 e. The van der Waals surface area contributed by atoms with E-state index in [1.807, 2.05) is 44.2 Å². The molecule has 1 aliphatic rings. The van der Waals surface area contributed by atoms with Gasteiger partial charge in [0.15, 0.2) is 5.79 Å². The Morgan fingerprint density at radius 2 is 1.73 bits per heavy atom. The zero-order valence-corrected chi connectivity index (χ0v) is 15.4. The number of hydrogen-bond acceptors (Lipinski definition) is 4. The molecule has 4 nitrogen and oxygen atoms in total. The second-order valence-electron chi connectivity index (χ2n) is 6.66. The number of ether oxygens (including phenoxy) is 3. The van der Waals surface area contributed by atoms with Crippen LogP contribution in [0.4, 0.5) is 0 Å². The molecule has 4 heteroatoms. The molecule has 1 fully saturated rings. The van der Waals surface area contributed by atoms with Gasteiger partial charge in [-0.3, -0.25) is 4.79 Å². The van der Waals surface area contributed by atoms with Crippen molar-refractivity contribution in [3.63, 3.8) is 0 Å². The van der Waals surface area contributed by atoms with Crippen LogP contribution in [0.3, 0.4) is 0 Å². The third-order valence-corrected chi connectivity index (χ3v) is 4.79. The number of rotatable bonds is 7. The zero-order chi connectivity index (χ0) is 18.4. The molecule has 0 aromatic heterocycles. The topological polar surface area (TPSA) is 44.8 Å². The van der Waals surface area contributed by atoms with Gasteiger partial charge in [0, 0.05) is 5.56 Å². The van der Waals surface area contributed by atoms with Crippen molar-refractivity contribution in [3.05, 3.63) is 71.3 Å². The highest BCUT2D eigenvalue weighted by Crippen LogP contribution is 2.33. The Bertz CT molecular complexity index is 703. The van der Waals surface area contributed by atoms with Crippen LogP contribution in [0.5, 0.6) is 0 Å². The van der Waals surface area contributed by atoms with E-state index in [-0.39, 0.29) is 11.9 Å². The van der Waals surface area contributed by atoms with E-state index in [4.69, 9.17) is 14.2 Å². The zero-order valence-electron chi connectivity index (χ0n) is 15.4. The van der Waals surface area contributed by atoms with E-state index in [0.717, 1.165) is 17.5 Å². The Kier molecular flexibility index (Phi) is 6.07. The minimum atomic E-state index is -0.672. The van der Waals surface area contributed by atoms with Gasteiger partial charge in [0.05, 0.1) is 26.2 Å². The minimum Gasteiger partial charge on any atom is -0.466 e. The molecule has 0 aliphatic carbocycles. The summed E-state index contributed by atoms with van der Waals surface area (Å²) in [4.78, 5) is 12.1. The molecule has 0 spiro atoms. The van der Waals surface area contributed by atoms with Crippen LogP contribution < -0.4 is 0 Å². The second kappa shape index (κ2) is 8.47. The van der Waals surface area contributed by atoms with Crippen molar-refractivity contribution < 1.29 is 19.0 Å². The fourth-order valence-electron chi connectivity index (χ4n) is 3.37. The third kappa shape index (κ3) is 4.51. The van der Waals surface area contributed by atoms with Crippen LogP contribution in [0, 0.1) is 0 Å². The first kappa shape index (κ1) is 18.6. The predicted octanol–water partition coefficient (Wildman–Crippen LogP) is 4.19. The lowest BCUT2D eigenvalue weighted by Gasteiger charge is -2.24. The summed E-state index contributed by atoms with van der Waals surface area (Å²) >= 11 is 0. The Hall–Kier alpha value is -2.17. The van der Waals surface area contributed by atoms with Gasteiger partial charge < -0.3 is 14.2 Å².